The van der Waals surface area contributed by atoms with Crippen LogP contribution in [0.5, 0.6) is 0 Å². The van der Waals surface area contributed by atoms with E-state index in [4.69, 9.17) is 4.74 Å². The molecular weight excluding hydrogens is 234 g/mol. The van der Waals surface area contributed by atoms with E-state index in [9.17, 15) is 4.79 Å². The second-order valence-corrected chi connectivity index (χ2v) is 3.64. The normalized spacial score (nSPS) is 10.2. The summed E-state index contributed by atoms with van der Waals surface area (Å²) in [4.78, 5) is 15.3. The standard InChI is InChI=1S/C9H10BrNO2/c1-6(2)13-9(12)8-7(10)4-3-5-11-8/h3-6H,1-2H3. The average molecular weight is 244 g/mol. The van der Waals surface area contributed by atoms with Crippen molar-refractivity contribution in [1.82, 2.24) is 4.98 Å². The molecule has 0 spiro atoms. The van der Waals surface area contributed by atoms with Crippen LogP contribution in [0, 0.1) is 0 Å². The summed E-state index contributed by atoms with van der Waals surface area (Å²) in [7, 11) is 0. The van der Waals surface area contributed by atoms with E-state index in [1.165, 1.54) is 0 Å². The van der Waals surface area contributed by atoms with Crippen LogP contribution in [-0.4, -0.2) is 17.1 Å². The fourth-order valence-corrected chi connectivity index (χ4v) is 1.22. The number of esters is 1. The van der Waals surface area contributed by atoms with E-state index in [-0.39, 0.29) is 6.10 Å². The van der Waals surface area contributed by atoms with Crippen molar-refractivity contribution in [2.75, 3.05) is 0 Å². The molecule has 13 heavy (non-hydrogen) atoms. The van der Waals surface area contributed by atoms with Crippen molar-refractivity contribution >= 4 is 21.9 Å². The highest BCUT2D eigenvalue weighted by atomic mass is 79.9. The Bertz CT molecular complexity index is 312. The van der Waals surface area contributed by atoms with Crippen LogP contribution in [0.2, 0.25) is 0 Å². The molecule has 0 unspecified atom stereocenters. The van der Waals surface area contributed by atoms with Gasteiger partial charge in [0, 0.05) is 6.20 Å². The Morgan fingerprint density at radius 3 is 2.85 bits per heavy atom. The first-order valence-corrected chi connectivity index (χ1v) is 4.72. The summed E-state index contributed by atoms with van der Waals surface area (Å²) in [5.74, 6) is -0.400. The van der Waals surface area contributed by atoms with Crippen molar-refractivity contribution in [1.29, 1.82) is 0 Å². The summed E-state index contributed by atoms with van der Waals surface area (Å²) < 4.78 is 5.64. The predicted octanol–water partition coefficient (Wildman–Crippen LogP) is 2.41. The monoisotopic (exact) mass is 243 g/mol. The molecule has 70 valence electrons. The van der Waals surface area contributed by atoms with Gasteiger partial charge in [0.2, 0.25) is 0 Å². The molecule has 0 aliphatic carbocycles. The van der Waals surface area contributed by atoms with Crippen LogP contribution in [-0.2, 0) is 4.74 Å². The van der Waals surface area contributed by atoms with E-state index in [1.807, 2.05) is 0 Å². The first-order valence-electron chi connectivity index (χ1n) is 3.92. The molecule has 0 saturated heterocycles. The number of halogens is 1. The minimum atomic E-state index is -0.400. The molecule has 0 aliphatic rings. The van der Waals surface area contributed by atoms with Crippen LogP contribution in [0.25, 0.3) is 0 Å². The molecule has 0 radical (unpaired) electrons. The molecule has 0 saturated carbocycles. The Labute approximate surface area is 85.3 Å². The van der Waals surface area contributed by atoms with Crippen LogP contribution in [0.3, 0.4) is 0 Å². The molecule has 0 bridgehead atoms. The van der Waals surface area contributed by atoms with Gasteiger partial charge in [0.1, 0.15) is 0 Å². The maximum absolute atomic E-state index is 11.4. The highest BCUT2D eigenvalue weighted by Gasteiger charge is 2.13. The molecule has 1 rings (SSSR count). The number of pyridine rings is 1. The van der Waals surface area contributed by atoms with Gasteiger partial charge in [0.05, 0.1) is 10.6 Å². The van der Waals surface area contributed by atoms with Gasteiger partial charge in [-0.1, -0.05) is 0 Å². The maximum Gasteiger partial charge on any atom is 0.358 e. The third-order valence-electron chi connectivity index (χ3n) is 1.29. The average Bonchev–Trinajstić information content (AvgIpc) is 2.03. The Balaban J connectivity index is 2.83. The lowest BCUT2D eigenvalue weighted by Gasteiger charge is -2.07. The number of ether oxygens (including phenoxy) is 1. The number of carbonyl (C=O) groups is 1. The van der Waals surface area contributed by atoms with Crippen LogP contribution < -0.4 is 0 Å². The quantitative estimate of drug-likeness (QED) is 0.750. The minimum absolute atomic E-state index is 0.124. The Morgan fingerprint density at radius 1 is 1.62 bits per heavy atom. The molecule has 0 N–H and O–H groups in total. The second kappa shape index (κ2) is 4.37. The lowest BCUT2D eigenvalue weighted by molar-refractivity contribution is 0.0369. The molecule has 3 nitrogen and oxygen atoms in total. The number of aromatic nitrogens is 1. The van der Waals surface area contributed by atoms with Gasteiger partial charge < -0.3 is 4.74 Å². The van der Waals surface area contributed by atoms with Crippen molar-refractivity contribution in [3.05, 3.63) is 28.5 Å². The molecule has 0 amide bonds. The fraction of sp³-hybridized carbons (Fsp3) is 0.333. The van der Waals surface area contributed by atoms with Gasteiger partial charge in [-0.05, 0) is 41.9 Å². The van der Waals surface area contributed by atoms with Crippen molar-refractivity contribution in [2.24, 2.45) is 0 Å². The molecule has 0 atom stereocenters. The number of hydrogen-bond acceptors (Lipinski definition) is 3. The van der Waals surface area contributed by atoms with Crippen LogP contribution in [0.15, 0.2) is 22.8 Å². The zero-order valence-electron chi connectivity index (χ0n) is 7.45. The Hall–Kier alpha value is -0.900. The summed E-state index contributed by atoms with van der Waals surface area (Å²) in [6.45, 7) is 3.60. The summed E-state index contributed by atoms with van der Waals surface area (Å²) in [6.07, 6.45) is 1.43. The van der Waals surface area contributed by atoms with E-state index in [0.29, 0.717) is 10.2 Å². The number of rotatable bonds is 2. The van der Waals surface area contributed by atoms with Crippen LogP contribution in [0.4, 0.5) is 0 Å². The third kappa shape index (κ3) is 2.81. The topological polar surface area (TPSA) is 39.2 Å². The van der Waals surface area contributed by atoms with E-state index >= 15 is 0 Å². The predicted molar refractivity (Wildman–Crippen MR) is 52.5 cm³/mol. The van der Waals surface area contributed by atoms with E-state index in [2.05, 4.69) is 20.9 Å². The highest BCUT2D eigenvalue weighted by molar-refractivity contribution is 9.10. The van der Waals surface area contributed by atoms with Crippen LogP contribution in [0.1, 0.15) is 24.3 Å². The van der Waals surface area contributed by atoms with Gasteiger partial charge in [-0.25, -0.2) is 9.78 Å². The van der Waals surface area contributed by atoms with Crippen molar-refractivity contribution in [3.8, 4) is 0 Å². The highest BCUT2D eigenvalue weighted by Crippen LogP contribution is 2.14. The molecule has 1 aromatic rings. The van der Waals surface area contributed by atoms with Gasteiger partial charge in [0.15, 0.2) is 5.69 Å². The van der Waals surface area contributed by atoms with Gasteiger partial charge in [-0.3, -0.25) is 0 Å². The van der Waals surface area contributed by atoms with Crippen LogP contribution >= 0.6 is 15.9 Å². The molecule has 0 fully saturated rings. The van der Waals surface area contributed by atoms with Gasteiger partial charge in [-0.15, -0.1) is 0 Å². The molecule has 1 heterocycles. The maximum atomic E-state index is 11.4. The van der Waals surface area contributed by atoms with E-state index in [1.54, 1.807) is 32.2 Å². The first-order chi connectivity index (χ1) is 6.11. The summed E-state index contributed by atoms with van der Waals surface area (Å²) in [5.41, 5.74) is 0.316. The fourth-order valence-electron chi connectivity index (χ4n) is 0.806. The van der Waals surface area contributed by atoms with Crippen molar-refractivity contribution < 1.29 is 9.53 Å². The molecule has 0 aliphatic heterocycles. The molecule has 0 aromatic carbocycles. The Morgan fingerprint density at radius 2 is 2.31 bits per heavy atom. The van der Waals surface area contributed by atoms with Gasteiger partial charge >= 0.3 is 5.97 Å². The molecule has 1 aromatic heterocycles. The van der Waals surface area contributed by atoms with E-state index in [0.717, 1.165) is 0 Å². The summed E-state index contributed by atoms with van der Waals surface area (Å²) >= 11 is 3.22. The van der Waals surface area contributed by atoms with Crippen molar-refractivity contribution in [2.45, 2.75) is 20.0 Å². The minimum Gasteiger partial charge on any atom is -0.458 e. The largest absolute Gasteiger partial charge is 0.458 e. The molecular formula is C9H10BrNO2. The van der Waals surface area contributed by atoms with E-state index < -0.39 is 5.97 Å². The first kappa shape index (κ1) is 10.2. The zero-order valence-corrected chi connectivity index (χ0v) is 9.04. The van der Waals surface area contributed by atoms with Gasteiger partial charge in [0.25, 0.3) is 0 Å². The Kier molecular flexibility index (Phi) is 3.42. The summed E-state index contributed by atoms with van der Waals surface area (Å²) in [5, 5.41) is 0. The number of hydrogen-bond donors (Lipinski definition) is 0. The SMILES string of the molecule is CC(C)OC(=O)c1ncccc1Br. The molecule has 4 heteroatoms. The lowest BCUT2D eigenvalue weighted by Crippen LogP contribution is -2.13. The lowest BCUT2D eigenvalue weighted by atomic mass is 10.3. The zero-order chi connectivity index (χ0) is 9.84. The third-order valence-corrected chi connectivity index (χ3v) is 1.93. The summed E-state index contributed by atoms with van der Waals surface area (Å²) in [6, 6.07) is 3.50. The second-order valence-electron chi connectivity index (χ2n) is 2.79. The van der Waals surface area contributed by atoms with Gasteiger partial charge in [-0.2, -0.15) is 0 Å². The number of carbonyl (C=O) groups excluding carboxylic acids is 1. The smallest absolute Gasteiger partial charge is 0.358 e. The number of nitrogens with zero attached hydrogens (tertiary/aromatic N) is 1. The van der Waals surface area contributed by atoms with Crippen molar-refractivity contribution in [3.63, 3.8) is 0 Å².